The van der Waals surface area contributed by atoms with Crippen molar-refractivity contribution in [2.24, 2.45) is 0 Å². The second-order valence-corrected chi connectivity index (χ2v) is 12.0. The highest BCUT2D eigenvalue weighted by atomic mass is 79.9. The molecule has 0 atom stereocenters. The van der Waals surface area contributed by atoms with E-state index in [2.05, 4.69) is 15.9 Å². The van der Waals surface area contributed by atoms with E-state index in [-0.39, 0.29) is 15.7 Å². The number of nitrogens with zero attached hydrogens (tertiary/aromatic N) is 1. The van der Waals surface area contributed by atoms with Crippen molar-refractivity contribution in [2.45, 2.75) is 19.4 Å². The summed E-state index contributed by atoms with van der Waals surface area (Å²) in [6.07, 6.45) is 0. The normalized spacial score (nSPS) is 16.5. The maximum Gasteiger partial charge on any atom is 0.346 e. The number of fused-ring (bicyclic) bond motifs is 1. The van der Waals surface area contributed by atoms with Gasteiger partial charge >= 0.3 is 11.9 Å². The van der Waals surface area contributed by atoms with Crippen LogP contribution in [-0.2, 0) is 19.1 Å². The zero-order valence-corrected chi connectivity index (χ0v) is 24.6. The molecular formula is C26H22BrNO6S3. The van der Waals surface area contributed by atoms with E-state index >= 15 is 0 Å². The van der Waals surface area contributed by atoms with Crippen molar-refractivity contribution < 1.29 is 28.6 Å². The number of thioether (sulfide) groups is 2. The van der Waals surface area contributed by atoms with E-state index < -0.39 is 17.5 Å². The van der Waals surface area contributed by atoms with Crippen LogP contribution in [0.3, 0.4) is 0 Å². The summed E-state index contributed by atoms with van der Waals surface area (Å²) in [5.41, 5.74) is 1.36. The topological polar surface area (TPSA) is 82.1 Å². The van der Waals surface area contributed by atoms with Gasteiger partial charge in [-0.25, -0.2) is 9.59 Å². The number of amides is 1. The number of ether oxygens (including phenoxy) is 3. The van der Waals surface area contributed by atoms with Gasteiger partial charge in [-0.2, -0.15) is 0 Å². The van der Waals surface area contributed by atoms with Crippen molar-refractivity contribution in [3.63, 3.8) is 0 Å². The van der Waals surface area contributed by atoms with E-state index in [9.17, 15) is 14.4 Å². The SMILES string of the molecule is COC(=O)C1=C(C(=O)OC)SC(=C2C(=S)C(C)(C)N(C(=O)c3ccc(Br)cc3)c3c(OC)cccc32)S1. The van der Waals surface area contributed by atoms with Crippen LogP contribution in [-0.4, -0.2) is 49.6 Å². The third kappa shape index (κ3) is 4.73. The minimum absolute atomic E-state index is 0.125. The summed E-state index contributed by atoms with van der Waals surface area (Å²) in [6.45, 7) is 3.73. The number of para-hydroxylation sites is 1. The molecule has 0 aliphatic carbocycles. The average Bonchev–Trinajstić information content (AvgIpc) is 3.33. The largest absolute Gasteiger partial charge is 0.495 e. The van der Waals surface area contributed by atoms with Gasteiger partial charge in [0.05, 0.1) is 41.7 Å². The number of hydrogen-bond donors (Lipinski definition) is 0. The molecule has 0 N–H and O–H groups in total. The van der Waals surface area contributed by atoms with Gasteiger partial charge in [0.1, 0.15) is 15.6 Å². The van der Waals surface area contributed by atoms with Gasteiger partial charge in [-0.15, -0.1) is 0 Å². The van der Waals surface area contributed by atoms with E-state index in [0.29, 0.717) is 37.2 Å². The van der Waals surface area contributed by atoms with Crippen LogP contribution in [0.1, 0.15) is 29.8 Å². The van der Waals surface area contributed by atoms with Crippen LogP contribution < -0.4 is 9.64 Å². The van der Waals surface area contributed by atoms with E-state index in [1.54, 1.807) is 35.2 Å². The van der Waals surface area contributed by atoms with Gasteiger partial charge in [-0.1, -0.05) is 63.8 Å². The van der Waals surface area contributed by atoms with Gasteiger partial charge in [0, 0.05) is 21.2 Å². The lowest BCUT2D eigenvalue weighted by atomic mass is 9.82. The second-order valence-electron chi connectivity index (χ2n) is 8.40. The van der Waals surface area contributed by atoms with Gasteiger partial charge in [-0.3, -0.25) is 9.69 Å². The van der Waals surface area contributed by atoms with Crippen LogP contribution in [0.25, 0.3) is 5.57 Å². The minimum atomic E-state index is -0.968. The molecule has 11 heteroatoms. The third-order valence-electron chi connectivity index (χ3n) is 5.89. The Balaban J connectivity index is 1.95. The number of halogens is 1. The number of thiocarbonyl (C=S) groups is 1. The Bertz CT molecular complexity index is 1370. The van der Waals surface area contributed by atoms with E-state index in [0.717, 1.165) is 28.0 Å². The summed E-state index contributed by atoms with van der Waals surface area (Å²) in [7, 11) is 4.04. The third-order valence-corrected chi connectivity index (χ3v) is 9.68. The molecule has 7 nitrogen and oxygen atoms in total. The molecule has 4 rings (SSSR count). The molecule has 0 saturated carbocycles. The first-order chi connectivity index (χ1) is 17.6. The van der Waals surface area contributed by atoms with Crippen LogP contribution in [0.4, 0.5) is 5.69 Å². The molecule has 192 valence electrons. The molecule has 0 unspecified atom stereocenters. The number of rotatable bonds is 4. The lowest BCUT2D eigenvalue weighted by Gasteiger charge is -2.45. The molecule has 1 amide bonds. The maximum atomic E-state index is 13.9. The van der Waals surface area contributed by atoms with Crippen molar-refractivity contribution in [3.8, 4) is 5.75 Å². The fourth-order valence-corrected chi connectivity index (χ4v) is 7.36. The molecular weight excluding hydrogens is 598 g/mol. The molecule has 2 aromatic rings. The maximum absolute atomic E-state index is 13.9. The van der Waals surface area contributed by atoms with Crippen LogP contribution in [0.15, 0.2) is 61.0 Å². The summed E-state index contributed by atoms with van der Waals surface area (Å²) >= 11 is 11.6. The number of carbonyl (C=O) groups is 3. The second kappa shape index (κ2) is 10.6. The summed E-state index contributed by atoms with van der Waals surface area (Å²) in [5.74, 6) is -1.05. The van der Waals surface area contributed by atoms with Crippen LogP contribution in [0.5, 0.6) is 5.75 Å². The predicted molar refractivity (Wildman–Crippen MR) is 154 cm³/mol. The Morgan fingerprint density at radius 3 is 2.00 bits per heavy atom. The van der Waals surface area contributed by atoms with Crippen molar-refractivity contribution in [1.29, 1.82) is 0 Å². The first-order valence-electron chi connectivity index (χ1n) is 10.9. The Hall–Kier alpha value is -2.60. The molecule has 0 aromatic heterocycles. The van der Waals surface area contributed by atoms with Gasteiger partial charge in [0.15, 0.2) is 0 Å². The monoisotopic (exact) mass is 619 g/mol. The number of carbonyl (C=O) groups excluding carboxylic acids is 3. The smallest absolute Gasteiger partial charge is 0.346 e. The molecule has 0 spiro atoms. The number of anilines is 1. The number of hydrogen-bond acceptors (Lipinski definition) is 9. The van der Waals surface area contributed by atoms with Gasteiger partial charge < -0.3 is 14.2 Å². The minimum Gasteiger partial charge on any atom is -0.495 e. The van der Waals surface area contributed by atoms with Gasteiger partial charge in [0.2, 0.25) is 0 Å². The van der Waals surface area contributed by atoms with Crippen molar-refractivity contribution in [1.82, 2.24) is 0 Å². The van der Waals surface area contributed by atoms with Crippen molar-refractivity contribution >= 4 is 85.6 Å². The number of benzene rings is 2. The number of methoxy groups -OCH3 is 3. The highest BCUT2D eigenvalue weighted by Crippen LogP contribution is 2.57. The fourth-order valence-electron chi connectivity index (χ4n) is 4.06. The Morgan fingerprint density at radius 2 is 1.49 bits per heavy atom. The Kier molecular flexibility index (Phi) is 7.89. The first kappa shape index (κ1) is 27.4. The van der Waals surface area contributed by atoms with Crippen LogP contribution in [0, 0.1) is 0 Å². The lowest BCUT2D eigenvalue weighted by molar-refractivity contribution is -0.138. The quantitative estimate of drug-likeness (QED) is 0.233. The summed E-state index contributed by atoms with van der Waals surface area (Å²) in [5, 5.41) is 0. The Labute approximate surface area is 236 Å². The highest BCUT2D eigenvalue weighted by Gasteiger charge is 2.47. The molecule has 0 radical (unpaired) electrons. The molecule has 37 heavy (non-hydrogen) atoms. The first-order valence-corrected chi connectivity index (χ1v) is 13.7. The summed E-state index contributed by atoms with van der Waals surface area (Å²) in [4.78, 5) is 41.3. The molecule has 2 heterocycles. The fraction of sp³-hybridized carbons (Fsp3) is 0.231. The highest BCUT2D eigenvalue weighted by molar-refractivity contribution is 9.10. The van der Waals surface area contributed by atoms with Gasteiger partial charge in [0.25, 0.3) is 5.91 Å². The van der Waals surface area contributed by atoms with E-state index in [4.69, 9.17) is 26.4 Å². The van der Waals surface area contributed by atoms with Gasteiger partial charge in [-0.05, 0) is 44.2 Å². The van der Waals surface area contributed by atoms with Crippen molar-refractivity contribution in [2.75, 3.05) is 26.2 Å². The molecule has 2 aliphatic heterocycles. The zero-order valence-electron chi connectivity index (χ0n) is 20.5. The number of esters is 2. The van der Waals surface area contributed by atoms with E-state index in [1.165, 1.54) is 21.3 Å². The molecule has 2 aromatic carbocycles. The van der Waals surface area contributed by atoms with Crippen molar-refractivity contribution in [3.05, 3.63) is 72.1 Å². The molecule has 0 bridgehead atoms. The lowest BCUT2D eigenvalue weighted by Crippen LogP contribution is -2.56. The predicted octanol–water partition coefficient (Wildman–Crippen LogP) is 5.97. The zero-order chi connectivity index (χ0) is 27.1. The molecule has 2 aliphatic rings. The van der Waals surface area contributed by atoms with E-state index in [1.807, 2.05) is 26.0 Å². The molecule has 0 fully saturated rings. The van der Waals surface area contributed by atoms with Crippen LogP contribution >= 0.6 is 51.7 Å². The molecule has 0 saturated heterocycles. The summed E-state index contributed by atoms with van der Waals surface area (Å²) in [6, 6.07) is 12.5. The van der Waals surface area contributed by atoms with Crippen LogP contribution in [0.2, 0.25) is 0 Å². The Morgan fingerprint density at radius 1 is 0.919 bits per heavy atom. The summed E-state index contributed by atoms with van der Waals surface area (Å²) < 4.78 is 17.0. The average molecular weight is 621 g/mol. The standard InChI is InChI=1S/C26H22BrNO6S3/c1-26(2)21(35)17(25-36-19(23(30)33-4)20(37-25)24(31)34-5)15-7-6-8-16(32-3)18(15)28(26)22(29)13-9-11-14(27)12-10-13/h6-12H,1-5H3.